The molecule has 1 aromatic carbocycles. The fraction of sp³-hybridized carbons (Fsp3) is 0.500. The van der Waals surface area contributed by atoms with E-state index in [-0.39, 0.29) is 5.91 Å². The Morgan fingerprint density at radius 3 is 2.55 bits per heavy atom. The van der Waals surface area contributed by atoms with Gasteiger partial charge in [0.25, 0.3) is 5.91 Å². The summed E-state index contributed by atoms with van der Waals surface area (Å²) in [6.45, 7) is 0. The van der Waals surface area contributed by atoms with Crippen molar-refractivity contribution in [1.82, 2.24) is 5.43 Å². The zero-order chi connectivity index (χ0) is 14.1. The molecule has 2 atom stereocenters. The van der Waals surface area contributed by atoms with E-state index in [0.29, 0.717) is 11.5 Å². The first-order valence-electron chi connectivity index (χ1n) is 7.27. The molecule has 2 aliphatic rings. The van der Waals surface area contributed by atoms with Crippen LogP contribution >= 0.6 is 0 Å². The number of rotatable bonds is 3. The highest BCUT2D eigenvalue weighted by Crippen LogP contribution is 2.42. The maximum atomic E-state index is 12.1. The molecule has 2 fully saturated rings. The maximum absolute atomic E-state index is 12.1. The van der Waals surface area contributed by atoms with Gasteiger partial charge in [0.1, 0.15) is 0 Å². The minimum absolute atomic E-state index is 0.120. The van der Waals surface area contributed by atoms with Crippen LogP contribution in [-0.2, 0) is 0 Å². The van der Waals surface area contributed by atoms with Crippen LogP contribution in [0, 0.1) is 11.8 Å². The molecule has 2 bridgehead atoms. The lowest BCUT2D eigenvalue weighted by Crippen LogP contribution is -2.22. The summed E-state index contributed by atoms with van der Waals surface area (Å²) in [5.74, 6) is 1.32. The van der Waals surface area contributed by atoms with E-state index in [2.05, 4.69) is 10.5 Å². The fourth-order valence-electron chi connectivity index (χ4n) is 3.26. The molecule has 0 saturated heterocycles. The molecule has 1 N–H and O–H groups in total. The normalized spacial score (nSPS) is 26.0. The molecule has 2 saturated carbocycles. The molecule has 0 spiro atoms. The van der Waals surface area contributed by atoms with Gasteiger partial charge < -0.3 is 4.90 Å². The molecule has 2 aliphatic carbocycles. The molecular formula is C16H21N3O. The minimum Gasteiger partial charge on any atom is -0.378 e. The predicted molar refractivity (Wildman–Crippen MR) is 81.1 cm³/mol. The van der Waals surface area contributed by atoms with Crippen molar-refractivity contribution in [3.63, 3.8) is 0 Å². The van der Waals surface area contributed by atoms with Crippen molar-refractivity contribution in [2.75, 3.05) is 19.0 Å². The van der Waals surface area contributed by atoms with Gasteiger partial charge in [-0.05, 0) is 61.8 Å². The second-order valence-electron chi connectivity index (χ2n) is 6.07. The van der Waals surface area contributed by atoms with Crippen molar-refractivity contribution in [3.05, 3.63) is 29.8 Å². The number of nitrogens with zero attached hydrogens (tertiary/aromatic N) is 2. The number of hydrazone groups is 1. The monoisotopic (exact) mass is 271 g/mol. The average molecular weight is 271 g/mol. The summed E-state index contributed by atoms with van der Waals surface area (Å²) < 4.78 is 0. The lowest BCUT2D eigenvalue weighted by molar-refractivity contribution is 0.0954. The summed E-state index contributed by atoms with van der Waals surface area (Å²) in [6.07, 6.45) is 4.93. The second kappa shape index (κ2) is 5.27. The molecule has 106 valence electrons. The molecule has 0 aromatic heterocycles. The largest absolute Gasteiger partial charge is 0.378 e. The Morgan fingerprint density at radius 1 is 1.25 bits per heavy atom. The molecule has 3 rings (SSSR count). The van der Waals surface area contributed by atoms with E-state index in [1.807, 2.05) is 43.3 Å². The van der Waals surface area contributed by atoms with E-state index >= 15 is 0 Å². The molecule has 2 unspecified atom stereocenters. The lowest BCUT2D eigenvalue weighted by Gasteiger charge is -2.13. The van der Waals surface area contributed by atoms with E-state index in [4.69, 9.17) is 0 Å². The highest BCUT2D eigenvalue weighted by molar-refractivity contribution is 5.96. The number of fused-ring (bicyclic) bond motifs is 2. The van der Waals surface area contributed by atoms with Crippen LogP contribution < -0.4 is 10.3 Å². The molecule has 4 nitrogen and oxygen atoms in total. The predicted octanol–water partition coefficient (Wildman–Crippen LogP) is 2.66. The summed E-state index contributed by atoms with van der Waals surface area (Å²) in [4.78, 5) is 14.1. The number of hydrogen-bond acceptors (Lipinski definition) is 3. The van der Waals surface area contributed by atoms with Crippen molar-refractivity contribution in [3.8, 4) is 0 Å². The number of amides is 1. The molecule has 0 aliphatic heterocycles. The molecule has 0 heterocycles. The summed E-state index contributed by atoms with van der Waals surface area (Å²) in [5, 5.41) is 4.35. The number of benzene rings is 1. The summed E-state index contributed by atoms with van der Waals surface area (Å²) >= 11 is 0. The van der Waals surface area contributed by atoms with Crippen LogP contribution in [0.3, 0.4) is 0 Å². The first-order chi connectivity index (χ1) is 9.63. The molecule has 1 aromatic rings. The molecular weight excluding hydrogens is 250 g/mol. The SMILES string of the molecule is CN(C)c1ccc(C(=O)N/N=C2\CC3CCC2C3)cc1. The standard InChI is InChI=1S/C16H21N3O/c1-19(2)14-7-5-12(6-8-14)16(20)18-17-15-10-11-3-4-13(15)9-11/h5-8,11,13H,3-4,9-10H2,1-2H3,(H,18,20)/b17-15+. The van der Waals surface area contributed by atoms with Gasteiger partial charge in [-0.1, -0.05) is 0 Å². The van der Waals surface area contributed by atoms with Gasteiger partial charge in [-0.15, -0.1) is 0 Å². The first kappa shape index (κ1) is 13.2. The number of anilines is 1. The Kier molecular flexibility index (Phi) is 3.47. The lowest BCUT2D eigenvalue weighted by atomic mass is 9.99. The second-order valence-corrected chi connectivity index (χ2v) is 6.07. The van der Waals surface area contributed by atoms with Crippen molar-refractivity contribution in [2.45, 2.75) is 25.7 Å². The first-order valence-corrected chi connectivity index (χ1v) is 7.27. The summed E-state index contributed by atoms with van der Waals surface area (Å²) in [5.41, 5.74) is 5.64. The Labute approximate surface area is 119 Å². The van der Waals surface area contributed by atoms with E-state index in [9.17, 15) is 4.79 Å². The third kappa shape index (κ3) is 2.55. The van der Waals surface area contributed by atoms with Gasteiger partial charge >= 0.3 is 0 Å². The average Bonchev–Trinajstić information content (AvgIpc) is 3.07. The van der Waals surface area contributed by atoms with Gasteiger partial charge in [0.05, 0.1) is 0 Å². The van der Waals surface area contributed by atoms with Crippen LogP contribution in [0.4, 0.5) is 5.69 Å². The van der Waals surface area contributed by atoms with E-state index in [1.54, 1.807) is 0 Å². The van der Waals surface area contributed by atoms with Crippen molar-refractivity contribution < 1.29 is 4.79 Å². The van der Waals surface area contributed by atoms with Crippen LogP contribution in [0.2, 0.25) is 0 Å². The van der Waals surface area contributed by atoms with Gasteiger partial charge in [0, 0.05) is 31.1 Å². The Morgan fingerprint density at radius 2 is 2.00 bits per heavy atom. The van der Waals surface area contributed by atoms with Crippen molar-refractivity contribution >= 4 is 17.3 Å². The van der Waals surface area contributed by atoms with Gasteiger partial charge in [0.15, 0.2) is 0 Å². The minimum atomic E-state index is -0.120. The summed E-state index contributed by atoms with van der Waals surface area (Å²) in [6, 6.07) is 7.57. The quantitative estimate of drug-likeness (QED) is 0.859. The van der Waals surface area contributed by atoms with E-state index in [0.717, 1.165) is 18.0 Å². The topological polar surface area (TPSA) is 44.7 Å². The van der Waals surface area contributed by atoms with Crippen molar-refractivity contribution in [1.29, 1.82) is 0 Å². The van der Waals surface area contributed by atoms with Crippen molar-refractivity contribution in [2.24, 2.45) is 16.9 Å². The maximum Gasteiger partial charge on any atom is 0.271 e. The van der Waals surface area contributed by atoms with Crippen LogP contribution in [0.25, 0.3) is 0 Å². The highest BCUT2D eigenvalue weighted by Gasteiger charge is 2.36. The van der Waals surface area contributed by atoms with Gasteiger partial charge in [-0.2, -0.15) is 5.10 Å². The Bertz CT molecular complexity index is 533. The Hall–Kier alpha value is -1.84. The molecule has 1 amide bonds. The highest BCUT2D eigenvalue weighted by atomic mass is 16.2. The number of nitrogens with one attached hydrogen (secondary N) is 1. The van der Waals surface area contributed by atoms with Gasteiger partial charge in [-0.25, -0.2) is 5.43 Å². The van der Waals surface area contributed by atoms with Crippen LogP contribution in [-0.4, -0.2) is 25.7 Å². The number of carbonyl (C=O) groups excluding carboxylic acids is 1. The van der Waals surface area contributed by atoms with Crippen LogP contribution in [0.5, 0.6) is 0 Å². The molecule has 4 heteroatoms. The zero-order valence-electron chi connectivity index (χ0n) is 12.1. The summed E-state index contributed by atoms with van der Waals surface area (Å²) in [7, 11) is 3.96. The van der Waals surface area contributed by atoms with E-state index in [1.165, 1.54) is 25.0 Å². The smallest absolute Gasteiger partial charge is 0.271 e. The third-order valence-electron chi connectivity index (χ3n) is 4.46. The molecule has 0 radical (unpaired) electrons. The van der Waals surface area contributed by atoms with Crippen LogP contribution in [0.15, 0.2) is 29.4 Å². The number of carbonyl (C=O) groups is 1. The van der Waals surface area contributed by atoms with Crippen LogP contribution in [0.1, 0.15) is 36.0 Å². The molecule has 20 heavy (non-hydrogen) atoms. The number of hydrogen-bond donors (Lipinski definition) is 1. The fourth-order valence-corrected chi connectivity index (χ4v) is 3.26. The van der Waals surface area contributed by atoms with Gasteiger partial charge in [0.2, 0.25) is 0 Å². The van der Waals surface area contributed by atoms with Gasteiger partial charge in [-0.3, -0.25) is 4.79 Å². The Balaban J connectivity index is 1.63. The van der Waals surface area contributed by atoms with E-state index < -0.39 is 0 Å². The third-order valence-corrected chi connectivity index (χ3v) is 4.46. The zero-order valence-corrected chi connectivity index (χ0v) is 12.1.